The van der Waals surface area contributed by atoms with Crippen molar-refractivity contribution in [3.05, 3.63) is 23.8 Å². The van der Waals surface area contributed by atoms with Crippen molar-refractivity contribution in [3.63, 3.8) is 0 Å². The van der Waals surface area contributed by atoms with E-state index < -0.39 is 5.91 Å². The number of hydrogen-bond acceptors (Lipinski definition) is 3. The van der Waals surface area contributed by atoms with E-state index in [0.717, 1.165) is 24.4 Å². The number of nitrogen functional groups attached to an aromatic ring is 1. The number of carbonyl (C=O) groups excluding carboxylic acids is 1. The summed E-state index contributed by atoms with van der Waals surface area (Å²) in [5.41, 5.74) is 12.9. The molecular weight excluding hydrogens is 214 g/mol. The van der Waals surface area contributed by atoms with Gasteiger partial charge < -0.3 is 16.8 Å². The second-order valence-corrected chi connectivity index (χ2v) is 4.89. The molecule has 0 spiro atoms. The minimum absolute atomic E-state index is 0.390. The lowest BCUT2D eigenvalue weighted by atomic mass is 10.1. The quantitative estimate of drug-likeness (QED) is 0.698. The van der Waals surface area contributed by atoms with Crippen LogP contribution in [-0.2, 0) is 0 Å². The molecule has 1 aliphatic carbocycles. The molecule has 17 heavy (non-hydrogen) atoms. The molecule has 1 fully saturated rings. The van der Waals surface area contributed by atoms with Gasteiger partial charge in [-0.1, -0.05) is 13.0 Å². The molecule has 92 valence electrons. The molecular formula is C13H19N3O. The predicted molar refractivity (Wildman–Crippen MR) is 69.8 cm³/mol. The van der Waals surface area contributed by atoms with Gasteiger partial charge in [-0.25, -0.2) is 0 Å². The van der Waals surface area contributed by atoms with Gasteiger partial charge in [0, 0.05) is 6.04 Å². The lowest BCUT2D eigenvalue weighted by Crippen LogP contribution is -2.19. The fourth-order valence-electron chi connectivity index (χ4n) is 2.46. The van der Waals surface area contributed by atoms with Crippen molar-refractivity contribution in [2.75, 3.05) is 11.1 Å². The van der Waals surface area contributed by atoms with Gasteiger partial charge in [0.05, 0.1) is 16.9 Å². The third-order valence-electron chi connectivity index (χ3n) is 3.43. The van der Waals surface area contributed by atoms with Gasteiger partial charge in [0.15, 0.2) is 0 Å². The number of carbonyl (C=O) groups is 1. The molecule has 1 aliphatic rings. The van der Waals surface area contributed by atoms with E-state index in [0.29, 0.717) is 17.3 Å². The second-order valence-electron chi connectivity index (χ2n) is 4.89. The van der Waals surface area contributed by atoms with E-state index in [-0.39, 0.29) is 0 Å². The monoisotopic (exact) mass is 233 g/mol. The molecule has 2 atom stereocenters. The molecule has 0 aromatic heterocycles. The third kappa shape index (κ3) is 2.52. The summed E-state index contributed by atoms with van der Waals surface area (Å²) in [6.07, 6.45) is 3.55. The average Bonchev–Trinajstić information content (AvgIpc) is 2.67. The number of rotatable bonds is 3. The maximum Gasteiger partial charge on any atom is 0.250 e. The molecule has 0 aliphatic heterocycles. The summed E-state index contributed by atoms with van der Waals surface area (Å²) in [4.78, 5) is 11.2. The van der Waals surface area contributed by atoms with Crippen molar-refractivity contribution in [2.24, 2.45) is 11.7 Å². The maximum absolute atomic E-state index is 11.2. The molecule has 4 heteroatoms. The van der Waals surface area contributed by atoms with E-state index in [1.807, 2.05) is 6.07 Å². The highest BCUT2D eigenvalue weighted by molar-refractivity contribution is 6.00. The van der Waals surface area contributed by atoms with E-state index in [1.54, 1.807) is 12.1 Å². The van der Waals surface area contributed by atoms with Crippen molar-refractivity contribution >= 4 is 17.3 Å². The van der Waals surface area contributed by atoms with Crippen LogP contribution in [0.2, 0.25) is 0 Å². The second kappa shape index (κ2) is 4.65. The minimum Gasteiger partial charge on any atom is -0.396 e. The zero-order valence-corrected chi connectivity index (χ0v) is 10.1. The topological polar surface area (TPSA) is 81.1 Å². The van der Waals surface area contributed by atoms with Crippen LogP contribution in [-0.4, -0.2) is 11.9 Å². The number of nitrogens with two attached hydrogens (primary N) is 2. The molecule has 1 aromatic carbocycles. The largest absolute Gasteiger partial charge is 0.396 e. The molecule has 2 unspecified atom stereocenters. The first-order valence-electron chi connectivity index (χ1n) is 6.02. The summed E-state index contributed by atoms with van der Waals surface area (Å²) in [7, 11) is 0. The van der Waals surface area contributed by atoms with Gasteiger partial charge in [0.1, 0.15) is 0 Å². The summed E-state index contributed by atoms with van der Waals surface area (Å²) in [6.45, 7) is 2.25. The fraction of sp³-hybridized carbons (Fsp3) is 0.462. The summed E-state index contributed by atoms with van der Waals surface area (Å²) < 4.78 is 0. The molecule has 0 saturated heterocycles. The Bertz CT molecular complexity index is 431. The molecule has 1 saturated carbocycles. The Morgan fingerprint density at radius 1 is 1.41 bits per heavy atom. The van der Waals surface area contributed by atoms with Gasteiger partial charge in [-0.15, -0.1) is 0 Å². The molecule has 1 aromatic rings. The van der Waals surface area contributed by atoms with E-state index in [4.69, 9.17) is 11.5 Å². The molecule has 1 amide bonds. The number of anilines is 2. The molecule has 0 bridgehead atoms. The van der Waals surface area contributed by atoms with Crippen LogP contribution in [0.5, 0.6) is 0 Å². The van der Waals surface area contributed by atoms with Gasteiger partial charge in [-0.05, 0) is 37.3 Å². The van der Waals surface area contributed by atoms with Gasteiger partial charge in [-0.2, -0.15) is 0 Å². The molecule has 2 rings (SSSR count). The van der Waals surface area contributed by atoms with Crippen LogP contribution in [0.1, 0.15) is 36.5 Å². The number of hydrogen-bond donors (Lipinski definition) is 3. The van der Waals surface area contributed by atoms with E-state index in [2.05, 4.69) is 12.2 Å². The molecule has 0 heterocycles. The van der Waals surface area contributed by atoms with E-state index in [1.165, 1.54) is 6.42 Å². The number of para-hydroxylation sites is 1. The lowest BCUT2D eigenvalue weighted by Gasteiger charge is -2.17. The standard InChI is InChI=1S/C13H19N3O/c1-8-5-6-9(7-8)16-11-4-2-3-10(12(11)14)13(15)17/h2-4,8-9,16H,5-7,14H2,1H3,(H2,15,17). The Balaban J connectivity index is 2.16. The van der Waals surface area contributed by atoms with Crippen LogP contribution < -0.4 is 16.8 Å². The van der Waals surface area contributed by atoms with Crippen molar-refractivity contribution < 1.29 is 4.79 Å². The molecule has 4 nitrogen and oxygen atoms in total. The molecule has 5 N–H and O–H groups in total. The summed E-state index contributed by atoms with van der Waals surface area (Å²) in [5.74, 6) is 0.277. The van der Waals surface area contributed by atoms with Crippen molar-refractivity contribution in [3.8, 4) is 0 Å². The van der Waals surface area contributed by atoms with Crippen molar-refractivity contribution in [1.29, 1.82) is 0 Å². The first-order chi connectivity index (χ1) is 8.08. The number of amides is 1. The van der Waals surface area contributed by atoms with Crippen LogP contribution in [0.25, 0.3) is 0 Å². The number of nitrogens with one attached hydrogen (secondary N) is 1. The Hall–Kier alpha value is -1.71. The zero-order valence-electron chi connectivity index (χ0n) is 10.1. The predicted octanol–water partition coefficient (Wildman–Crippen LogP) is 1.97. The SMILES string of the molecule is CC1CCC(Nc2cccc(C(N)=O)c2N)C1. The highest BCUT2D eigenvalue weighted by atomic mass is 16.1. The first-order valence-corrected chi connectivity index (χ1v) is 6.02. The van der Waals surface area contributed by atoms with E-state index in [9.17, 15) is 4.79 Å². The van der Waals surface area contributed by atoms with E-state index >= 15 is 0 Å². The van der Waals surface area contributed by atoms with Gasteiger partial charge >= 0.3 is 0 Å². The Kier molecular flexibility index (Phi) is 3.22. The van der Waals surface area contributed by atoms with Crippen LogP contribution in [0.3, 0.4) is 0 Å². The molecule has 0 radical (unpaired) electrons. The summed E-state index contributed by atoms with van der Waals surface area (Å²) >= 11 is 0. The van der Waals surface area contributed by atoms with Crippen LogP contribution in [0, 0.1) is 5.92 Å². The van der Waals surface area contributed by atoms with Gasteiger partial charge in [0.2, 0.25) is 0 Å². The highest BCUT2D eigenvalue weighted by Crippen LogP contribution is 2.30. The van der Waals surface area contributed by atoms with Gasteiger partial charge in [-0.3, -0.25) is 4.79 Å². The average molecular weight is 233 g/mol. The fourth-order valence-corrected chi connectivity index (χ4v) is 2.46. The van der Waals surface area contributed by atoms with Crippen LogP contribution in [0.15, 0.2) is 18.2 Å². The Morgan fingerprint density at radius 2 is 2.18 bits per heavy atom. The minimum atomic E-state index is -0.481. The van der Waals surface area contributed by atoms with Gasteiger partial charge in [0.25, 0.3) is 5.91 Å². The number of benzene rings is 1. The number of primary amides is 1. The van der Waals surface area contributed by atoms with Crippen LogP contribution in [0.4, 0.5) is 11.4 Å². The zero-order chi connectivity index (χ0) is 12.4. The normalized spacial score (nSPS) is 23.6. The van der Waals surface area contributed by atoms with Crippen molar-refractivity contribution in [1.82, 2.24) is 0 Å². The Morgan fingerprint density at radius 3 is 2.76 bits per heavy atom. The van der Waals surface area contributed by atoms with Crippen molar-refractivity contribution in [2.45, 2.75) is 32.2 Å². The summed E-state index contributed by atoms with van der Waals surface area (Å²) in [5, 5.41) is 3.40. The summed E-state index contributed by atoms with van der Waals surface area (Å²) in [6, 6.07) is 5.80. The maximum atomic E-state index is 11.2. The highest BCUT2D eigenvalue weighted by Gasteiger charge is 2.22. The first kappa shape index (κ1) is 11.8. The smallest absolute Gasteiger partial charge is 0.250 e. The van der Waals surface area contributed by atoms with Crippen LogP contribution >= 0.6 is 0 Å². The lowest BCUT2D eigenvalue weighted by molar-refractivity contribution is 0.100. The Labute approximate surface area is 101 Å². The third-order valence-corrected chi connectivity index (χ3v) is 3.43.